The Labute approximate surface area is 125 Å². The molecule has 2 atom stereocenters. The van der Waals surface area contributed by atoms with Gasteiger partial charge < -0.3 is 14.3 Å². The lowest BCUT2D eigenvalue weighted by atomic mass is 10.2. The third-order valence-corrected chi connectivity index (χ3v) is 4.25. The number of rotatable bonds is 5. The van der Waals surface area contributed by atoms with E-state index in [0.717, 1.165) is 22.0 Å². The quantitative estimate of drug-likeness (QED) is 0.798. The molecule has 1 aliphatic carbocycles. The standard InChI is InChI=1S/C16H22N2OS/c1-4-6-11-9-13(11)18-12-7-5-8-14(19-10(2)3)15(12)17-16(18)20/h5,7-8,10-11,13H,4,6,9H2,1-3H3,(H,17,20). The first-order valence-electron chi connectivity index (χ1n) is 7.51. The minimum Gasteiger partial charge on any atom is -0.489 e. The molecule has 108 valence electrons. The lowest BCUT2D eigenvalue weighted by Crippen LogP contribution is -2.05. The fourth-order valence-corrected chi connectivity index (χ4v) is 3.37. The van der Waals surface area contributed by atoms with Gasteiger partial charge in [0.1, 0.15) is 11.3 Å². The molecule has 2 aromatic rings. The van der Waals surface area contributed by atoms with Crippen molar-refractivity contribution in [1.82, 2.24) is 9.55 Å². The van der Waals surface area contributed by atoms with Crippen LogP contribution >= 0.6 is 12.2 Å². The van der Waals surface area contributed by atoms with Crippen LogP contribution in [0.4, 0.5) is 0 Å². The summed E-state index contributed by atoms with van der Waals surface area (Å²) in [7, 11) is 0. The van der Waals surface area contributed by atoms with Crippen LogP contribution < -0.4 is 4.74 Å². The van der Waals surface area contributed by atoms with Crippen LogP contribution in [0, 0.1) is 10.7 Å². The summed E-state index contributed by atoms with van der Waals surface area (Å²) in [6, 6.07) is 6.77. The van der Waals surface area contributed by atoms with Gasteiger partial charge in [0.05, 0.1) is 11.6 Å². The summed E-state index contributed by atoms with van der Waals surface area (Å²) in [6.45, 7) is 6.34. The molecule has 0 aliphatic heterocycles. The highest BCUT2D eigenvalue weighted by Gasteiger charge is 2.39. The number of aromatic nitrogens is 2. The number of H-pyrrole nitrogens is 1. The second-order valence-corrected chi connectivity index (χ2v) is 6.36. The first kappa shape index (κ1) is 13.7. The third-order valence-electron chi connectivity index (χ3n) is 3.95. The zero-order valence-electron chi connectivity index (χ0n) is 12.3. The number of fused-ring (bicyclic) bond motifs is 1. The molecular weight excluding hydrogens is 268 g/mol. The van der Waals surface area contributed by atoms with Crippen molar-refractivity contribution in [2.45, 2.75) is 52.2 Å². The predicted molar refractivity (Wildman–Crippen MR) is 84.9 cm³/mol. The molecule has 1 aromatic carbocycles. The first-order chi connectivity index (χ1) is 9.61. The van der Waals surface area contributed by atoms with Crippen LogP contribution in [0.5, 0.6) is 5.75 Å². The van der Waals surface area contributed by atoms with Gasteiger partial charge in [-0.15, -0.1) is 0 Å². The van der Waals surface area contributed by atoms with Gasteiger partial charge in [-0.05, 0) is 57.0 Å². The maximum Gasteiger partial charge on any atom is 0.178 e. The molecular formula is C16H22N2OS. The minimum atomic E-state index is 0.166. The first-order valence-corrected chi connectivity index (χ1v) is 7.92. The van der Waals surface area contributed by atoms with Crippen LogP contribution in [0.1, 0.15) is 46.1 Å². The fraction of sp³-hybridized carbons (Fsp3) is 0.562. The van der Waals surface area contributed by atoms with Crippen molar-refractivity contribution in [3.8, 4) is 5.75 Å². The number of imidazole rings is 1. The topological polar surface area (TPSA) is 29.9 Å². The Bertz CT molecular complexity index is 671. The van der Waals surface area contributed by atoms with E-state index in [1.165, 1.54) is 24.8 Å². The van der Waals surface area contributed by atoms with Gasteiger partial charge in [-0.3, -0.25) is 0 Å². The summed E-state index contributed by atoms with van der Waals surface area (Å²) in [6.07, 6.45) is 3.96. The highest BCUT2D eigenvalue weighted by Crippen LogP contribution is 2.48. The Morgan fingerprint density at radius 2 is 2.25 bits per heavy atom. The molecule has 0 saturated heterocycles. The molecule has 1 fully saturated rings. The number of nitrogens with one attached hydrogen (secondary N) is 1. The molecule has 3 rings (SSSR count). The van der Waals surface area contributed by atoms with E-state index in [1.54, 1.807) is 0 Å². The van der Waals surface area contributed by atoms with Crippen LogP contribution in [0.15, 0.2) is 18.2 Å². The molecule has 20 heavy (non-hydrogen) atoms. The third kappa shape index (κ3) is 2.37. The smallest absolute Gasteiger partial charge is 0.178 e. The van der Waals surface area contributed by atoms with E-state index >= 15 is 0 Å². The SMILES string of the molecule is CCCC1CC1n1c(=S)[nH]c2c(OC(C)C)cccc21. The summed E-state index contributed by atoms with van der Waals surface area (Å²) in [5.74, 6) is 1.69. The van der Waals surface area contributed by atoms with E-state index in [4.69, 9.17) is 17.0 Å². The number of aromatic amines is 1. The number of hydrogen-bond donors (Lipinski definition) is 1. The molecule has 2 unspecified atom stereocenters. The molecule has 1 aromatic heterocycles. The van der Waals surface area contributed by atoms with Gasteiger partial charge in [0.25, 0.3) is 0 Å². The molecule has 0 amide bonds. The lowest BCUT2D eigenvalue weighted by molar-refractivity contribution is 0.245. The van der Waals surface area contributed by atoms with Crippen molar-refractivity contribution < 1.29 is 4.74 Å². The zero-order valence-corrected chi connectivity index (χ0v) is 13.2. The van der Waals surface area contributed by atoms with Gasteiger partial charge >= 0.3 is 0 Å². The normalized spacial score (nSPS) is 21.6. The molecule has 1 heterocycles. The van der Waals surface area contributed by atoms with Crippen molar-refractivity contribution in [2.75, 3.05) is 0 Å². The van der Waals surface area contributed by atoms with E-state index in [-0.39, 0.29) is 6.10 Å². The monoisotopic (exact) mass is 290 g/mol. The summed E-state index contributed by atoms with van der Waals surface area (Å²) in [5.41, 5.74) is 2.21. The second kappa shape index (κ2) is 5.24. The molecule has 4 heteroatoms. The lowest BCUT2D eigenvalue weighted by Gasteiger charge is -2.10. The number of para-hydroxylation sites is 1. The summed E-state index contributed by atoms with van der Waals surface area (Å²) >= 11 is 5.53. The number of nitrogens with zero attached hydrogens (tertiary/aromatic N) is 1. The van der Waals surface area contributed by atoms with E-state index in [9.17, 15) is 0 Å². The number of ether oxygens (including phenoxy) is 1. The van der Waals surface area contributed by atoms with Gasteiger partial charge in [-0.25, -0.2) is 0 Å². The number of benzene rings is 1. The van der Waals surface area contributed by atoms with Crippen LogP contribution in [0.2, 0.25) is 0 Å². The van der Waals surface area contributed by atoms with Crippen LogP contribution in [-0.4, -0.2) is 15.7 Å². The molecule has 1 aliphatic rings. The van der Waals surface area contributed by atoms with Crippen LogP contribution in [0.25, 0.3) is 11.0 Å². The van der Waals surface area contributed by atoms with E-state index in [0.29, 0.717) is 6.04 Å². The highest BCUT2D eigenvalue weighted by atomic mass is 32.1. The summed E-state index contributed by atoms with van der Waals surface area (Å²) in [4.78, 5) is 3.34. The average Bonchev–Trinajstić information content (AvgIpc) is 3.03. The number of hydrogen-bond acceptors (Lipinski definition) is 2. The summed E-state index contributed by atoms with van der Waals surface area (Å²) < 4.78 is 8.99. The Balaban J connectivity index is 2.02. The van der Waals surface area contributed by atoms with Gasteiger partial charge in [-0.1, -0.05) is 19.4 Å². The maximum absolute atomic E-state index is 5.88. The van der Waals surface area contributed by atoms with Crippen molar-refractivity contribution in [3.63, 3.8) is 0 Å². The van der Waals surface area contributed by atoms with Crippen molar-refractivity contribution in [3.05, 3.63) is 23.0 Å². The maximum atomic E-state index is 5.88. The molecule has 1 saturated carbocycles. The van der Waals surface area contributed by atoms with Crippen LogP contribution in [0.3, 0.4) is 0 Å². The van der Waals surface area contributed by atoms with Gasteiger partial charge in [0.15, 0.2) is 4.77 Å². The molecule has 3 nitrogen and oxygen atoms in total. The minimum absolute atomic E-state index is 0.166. The van der Waals surface area contributed by atoms with Crippen LogP contribution in [-0.2, 0) is 0 Å². The van der Waals surface area contributed by atoms with Gasteiger partial charge in [0.2, 0.25) is 0 Å². The predicted octanol–water partition coefficient (Wildman–Crippen LogP) is 4.85. The van der Waals surface area contributed by atoms with Crippen molar-refractivity contribution in [2.24, 2.45) is 5.92 Å². The van der Waals surface area contributed by atoms with E-state index < -0.39 is 0 Å². The highest BCUT2D eigenvalue weighted by molar-refractivity contribution is 7.71. The Kier molecular flexibility index (Phi) is 3.59. The van der Waals surface area contributed by atoms with E-state index in [1.807, 2.05) is 19.9 Å². The molecule has 0 spiro atoms. The van der Waals surface area contributed by atoms with E-state index in [2.05, 4.69) is 28.6 Å². The van der Waals surface area contributed by atoms with Gasteiger partial charge in [-0.2, -0.15) is 0 Å². The zero-order chi connectivity index (χ0) is 14.3. The summed E-state index contributed by atoms with van der Waals surface area (Å²) in [5, 5.41) is 0. The molecule has 0 radical (unpaired) electrons. The van der Waals surface area contributed by atoms with Crippen molar-refractivity contribution >= 4 is 23.3 Å². The molecule has 1 N–H and O–H groups in total. The Hall–Kier alpha value is -1.29. The van der Waals surface area contributed by atoms with Gasteiger partial charge in [0, 0.05) is 6.04 Å². The fourth-order valence-electron chi connectivity index (χ4n) is 3.03. The average molecular weight is 290 g/mol. The second-order valence-electron chi connectivity index (χ2n) is 5.97. The van der Waals surface area contributed by atoms with Crippen molar-refractivity contribution in [1.29, 1.82) is 0 Å². The Morgan fingerprint density at radius 3 is 2.95 bits per heavy atom. The Morgan fingerprint density at radius 1 is 1.45 bits per heavy atom. The molecule has 0 bridgehead atoms. The largest absolute Gasteiger partial charge is 0.489 e.